The minimum atomic E-state index is -0.532. The van der Waals surface area contributed by atoms with E-state index in [2.05, 4.69) is 39.8 Å². The first-order chi connectivity index (χ1) is 13.9. The lowest BCUT2D eigenvalue weighted by Gasteiger charge is -2.37. The van der Waals surface area contributed by atoms with Gasteiger partial charge in [0, 0.05) is 21.6 Å². The quantitative estimate of drug-likeness (QED) is 0.175. The summed E-state index contributed by atoms with van der Waals surface area (Å²) in [7, 11) is 0. The van der Waals surface area contributed by atoms with E-state index in [1.165, 1.54) is 44.4 Å². The number of nitro groups is 1. The maximum atomic E-state index is 10.7. The number of alkyl halides is 1. The maximum Gasteiger partial charge on any atom is 0.363 e. The minimum Gasteiger partial charge on any atom is -0.453 e. The average Bonchev–Trinajstić information content (AvgIpc) is 3.10. The zero-order valence-electron chi connectivity index (χ0n) is 15.9. The number of pyridine rings is 1. The summed E-state index contributed by atoms with van der Waals surface area (Å²) in [5.41, 5.74) is 0.921. The van der Waals surface area contributed by atoms with Crippen molar-refractivity contribution in [1.29, 1.82) is 0 Å². The molecule has 1 fully saturated rings. The number of nitrogens with zero attached hydrogens (tertiary/aromatic N) is 3. The van der Waals surface area contributed by atoms with E-state index < -0.39 is 4.92 Å². The molecule has 1 unspecified atom stereocenters. The van der Waals surface area contributed by atoms with Crippen molar-refractivity contribution < 1.29 is 9.66 Å². The molecule has 2 aromatic heterocycles. The fourth-order valence-electron chi connectivity index (χ4n) is 3.59. The van der Waals surface area contributed by atoms with Crippen molar-refractivity contribution in [3.05, 3.63) is 46.6 Å². The van der Waals surface area contributed by atoms with Crippen LogP contribution in [0.4, 0.5) is 10.9 Å². The molecular formula is C20H21IN4O3S. The highest BCUT2D eigenvalue weighted by Gasteiger charge is 2.35. The Hall–Kier alpha value is -2.01. The van der Waals surface area contributed by atoms with E-state index in [0.717, 1.165) is 15.3 Å². The van der Waals surface area contributed by atoms with E-state index in [4.69, 9.17) is 9.72 Å². The highest BCUT2D eigenvalue weighted by Crippen LogP contribution is 2.41. The zero-order chi connectivity index (χ0) is 20.4. The molecule has 1 aliphatic rings. The third-order valence-corrected chi connectivity index (χ3v) is 8.27. The van der Waals surface area contributed by atoms with Crippen LogP contribution in [-0.4, -0.2) is 24.4 Å². The highest BCUT2D eigenvalue weighted by atomic mass is 127. The second kappa shape index (κ2) is 8.39. The fourth-order valence-corrected chi connectivity index (χ4v) is 5.49. The molecule has 2 heterocycles. The van der Waals surface area contributed by atoms with Crippen LogP contribution in [0.15, 0.2) is 36.5 Å². The van der Waals surface area contributed by atoms with Crippen molar-refractivity contribution >= 4 is 55.1 Å². The SMILES string of the molecule is CC(Nc1nc2ccc(Oc3ccc([N+](=O)[O-])nc3)cc2s1)C1(I)CCCCC1. The molecule has 7 nitrogen and oxygen atoms in total. The van der Waals surface area contributed by atoms with Gasteiger partial charge in [0.2, 0.25) is 0 Å². The van der Waals surface area contributed by atoms with E-state index >= 15 is 0 Å². The smallest absolute Gasteiger partial charge is 0.363 e. The van der Waals surface area contributed by atoms with Crippen LogP contribution in [0.1, 0.15) is 39.0 Å². The molecule has 1 atom stereocenters. The number of halogens is 1. The lowest BCUT2D eigenvalue weighted by atomic mass is 9.84. The second-order valence-corrected chi connectivity index (χ2v) is 10.5. The number of ether oxygens (including phenoxy) is 1. The molecule has 1 aromatic carbocycles. The van der Waals surface area contributed by atoms with Crippen LogP contribution in [0.5, 0.6) is 11.5 Å². The summed E-state index contributed by atoms with van der Waals surface area (Å²) in [5, 5.41) is 15.2. The molecule has 3 aromatic rings. The Morgan fingerprint density at radius 1 is 1.24 bits per heavy atom. The number of fused-ring (bicyclic) bond motifs is 1. The molecule has 4 rings (SSSR count). The molecule has 29 heavy (non-hydrogen) atoms. The van der Waals surface area contributed by atoms with Crippen molar-refractivity contribution in [2.75, 3.05) is 5.32 Å². The number of anilines is 1. The van der Waals surface area contributed by atoms with Crippen molar-refractivity contribution in [3.8, 4) is 11.5 Å². The van der Waals surface area contributed by atoms with Crippen LogP contribution in [0.3, 0.4) is 0 Å². The van der Waals surface area contributed by atoms with Gasteiger partial charge in [-0.15, -0.1) is 0 Å². The summed E-state index contributed by atoms with van der Waals surface area (Å²) in [5.74, 6) is 0.899. The summed E-state index contributed by atoms with van der Waals surface area (Å²) in [6.45, 7) is 2.25. The van der Waals surface area contributed by atoms with Gasteiger partial charge in [-0.1, -0.05) is 53.2 Å². The molecule has 0 bridgehead atoms. The third-order valence-electron chi connectivity index (χ3n) is 5.30. The minimum absolute atomic E-state index is 0.203. The monoisotopic (exact) mass is 524 g/mol. The van der Waals surface area contributed by atoms with E-state index in [-0.39, 0.29) is 9.24 Å². The normalized spacial score (nSPS) is 17.0. The number of rotatable bonds is 6. The molecule has 1 saturated carbocycles. The van der Waals surface area contributed by atoms with Gasteiger partial charge in [-0.05, 0) is 47.9 Å². The van der Waals surface area contributed by atoms with Gasteiger partial charge in [-0.2, -0.15) is 0 Å². The van der Waals surface area contributed by atoms with Gasteiger partial charge in [-0.25, -0.2) is 4.98 Å². The van der Waals surface area contributed by atoms with Gasteiger partial charge < -0.3 is 20.2 Å². The Labute approximate surface area is 186 Å². The Kier molecular flexibility index (Phi) is 5.86. The van der Waals surface area contributed by atoms with Crippen molar-refractivity contribution in [3.63, 3.8) is 0 Å². The largest absolute Gasteiger partial charge is 0.453 e. The molecule has 0 aliphatic heterocycles. The number of hydrogen-bond acceptors (Lipinski definition) is 7. The van der Waals surface area contributed by atoms with Crippen LogP contribution < -0.4 is 10.1 Å². The number of aromatic nitrogens is 2. The van der Waals surface area contributed by atoms with Gasteiger partial charge in [-0.3, -0.25) is 0 Å². The molecule has 152 valence electrons. The topological polar surface area (TPSA) is 90.2 Å². The third kappa shape index (κ3) is 4.61. The molecular weight excluding hydrogens is 503 g/mol. The zero-order valence-corrected chi connectivity index (χ0v) is 18.9. The standard InChI is InChI=1S/C20H21IN4O3S/c1-13(20(21)9-3-2-4-10-20)23-19-24-16-7-5-14(11-17(16)29-19)28-15-6-8-18(22-12-15)25(26)27/h5-8,11-13H,2-4,9-10H2,1H3,(H,23,24). The van der Waals surface area contributed by atoms with Crippen LogP contribution in [0, 0.1) is 10.1 Å². The number of benzene rings is 1. The van der Waals surface area contributed by atoms with Crippen LogP contribution >= 0.6 is 33.9 Å². The van der Waals surface area contributed by atoms with E-state index in [9.17, 15) is 10.1 Å². The highest BCUT2D eigenvalue weighted by molar-refractivity contribution is 14.1. The van der Waals surface area contributed by atoms with E-state index in [1.54, 1.807) is 17.4 Å². The lowest BCUT2D eigenvalue weighted by molar-refractivity contribution is -0.389. The number of thiazole rings is 1. The Bertz CT molecular complexity index is 1020. The predicted molar refractivity (Wildman–Crippen MR) is 124 cm³/mol. The van der Waals surface area contributed by atoms with Gasteiger partial charge in [0.15, 0.2) is 17.1 Å². The molecule has 9 heteroatoms. The Balaban J connectivity index is 1.48. The van der Waals surface area contributed by atoms with Gasteiger partial charge in [0.05, 0.1) is 10.2 Å². The summed E-state index contributed by atoms with van der Waals surface area (Å²) < 4.78 is 7.10. The average molecular weight is 524 g/mol. The summed E-state index contributed by atoms with van der Waals surface area (Å²) >= 11 is 4.24. The summed E-state index contributed by atoms with van der Waals surface area (Å²) in [6, 6.07) is 8.93. The summed E-state index contributed by atoms with van der Waals surface area (Å²) in [4.78, 5) is 18.7. The first-order valence-electron chi connectivity index (χ1n) is 9.57. The van der Waals surface area contributed by atoms with Crippen molar-refractivity contribution in [2.24, 2.45) is 0 Å². The molecule has 0 spiro atoms. The van der Waals surface area contributed by atoms with Crippen LogP contribution in [0.25, 0.3) is 10.2 Å². The molecule has 1 aliphatic carbocycles. The molecule has 0 radical (unpaired) electrons. The van der Waals surface area contributed by atoms with Gasteiger partial charge in [0.1, 0.15) is 5.75 Å². The number of nitrogens with one attached hydrogen (secondary N) is 1. The van der Waals surface area contributed by atoms with Gasteiger partial charge in [0.25, 0.3) is 0 Å². The second-order valence-electron chi connectivity index (χ2n) is 7.32. The van der Waals surface area contributed by atoms with Crippen molar-refractivity contribution in [1.82, 2.24) is 9.97 Å². The molecule has 1 N–H and O–H groups in total. The van der Waals surface area contributed by atoms with Crippen molar-refractivity contribution in [2.45, 2.75) is 48.5 Å². The van der Waals surface area contributed by atoms with Crippen LogP contribution in [0.2, 0.25) is 0 Å². The summed E-state index contributed by atoms with van der Waals surface area (Å²) in [6.07, 6.45) is 7.78. The maximum absolute atomic E-state index is 10.7. The predicted octanol–water partition coefficient (Wildman–Crippen LogP) is 6.33. The molecule has 0 amide bonds. The fraction of sp³-hybridized carbons (Fsp3) is 0.400. The van der Waals surface area contributed by atoms with E-state index in [0.29, 0.717) is 17.5 Å². The Morgan fingerprint density at radius 2 is 2.00 bits per heavy atom. The Morgan fingerprint density at radius 3 is 2.69 bits per heavy atom. The van der Waals surface area contributed by atoms with E-state index in [1.807, 2.05) is 18.2 Å². The van der Waals surface area contributed by atoms with Crippen LogP contribution in [-0.2, 0) is 0 Å². The lowest BCUT2D eigenvalue weighted by Crippen LogP contribution is -2.41. The first kappa shape index (κ1) is 20.3. The molecule has 0 saturated heterocycles. The first-order valence-corrected chi connectivity index (χ1v) is 11.5. The number of hydrogen-bond donors (Lipinski definition) is 1. The van der Waals surface area contributed by atoms with Gasteiger partial charge >= 0.3 is 5.82 Å².